The molecule has 0 aliphatic carbocycles. The monoisotopic (exact) mass is 269 g/mol. The van der Waals surface area contributed by atoms with Crippen LogP contribution in [-0.4, -0.2) is 5.91 Å². The Bertz CT molecular complexity index is 597. The lowest BCUT2D eigenvalue weighted by atomic mass is 9.99. The lowest BCUT2D eigenvalue weighted by Crippen LogP contribution is -2.22. The summed E-state index contributed by atoms with van der Waals surface area (Å²) in [6.45, 7) is 1.99. The van der Waals surface area contributed by atoms with Gasteiger partial charge in [-0.15, -0.1) is 11.8 Å². The molecule has 2 nitrogen and oxygen atoms in total. The van der Waals surface area contributed by atoms with Crippen LogP contribution in [0.4, 0.5) is 5.69 Å². The molecule has 1 N–H and O–H groups in total. The first kappa shape index (κ1) is 12.3. The van der Waals surface area contributed by atoms with Gasteiger partial charge in [0.25, 0.3) is 0 Å². The van der Waals surface area contributed by atoms with Crippen molar-refractivity contribution in [3.63, 3.8) is 0 Å². The fourth-order valence-corrected chi connectivity index (χ4v) is 3.59. The maximum Gasteiger partial charge on any atom is 0.228 e. The summed E-state index contributed by atoms with van der Waals surface area (Å²) in [4.78, 5) is 13.4. The van der Waals surface area contributed by atoms with Crippen LogP contribution in [0.25, 0.3) is 0 Å². The summed E-state index contributed by atoms with van der Waals surface area (Å²) >= 11 is 1.76. The zero-order chi connectivity index (χ0) is 13.2. The Morgan fingerprint density at radius 2 is 1.68 bits per heavy atom. The third kappa shape index (κ3) is 2.38. The van der Waals surface area contributed by atoms with Crippen molar-refractivity contribution in [1.29, 1.82) is 0 Å². The number of hydrogen-bond donors (Lipinski definition) is 1. The topological polar surface area (TPSA) is 29.1 Å². The number of carbonyl (C=O) groups is 1. The van der Waals surface area contributed by atoms with E-state index in [0.717, 1.165) is 10.6 Å². The van der Waals surface area contributed by atoms with E-state index in [0.29, 0.717) is 0 Å². The van der Waals surface area contributed by atoms with E-state index < -0.39 is 0 Å². The van der Waals surface area contributed by atoms with Gasteiger partial charge in [-0.3, -0.25) is 4.79 Å². The number of benzene rings is 2. The average molecular weight is 269 g/mol. The van der Waals surface area contributed by atoms with Crippen molar-refractivity contribution in [1.82, 2.24) is 0 Å². The van der Waals surface area contributed by atoms with Gasteiger partial charge in [-0.1, -0.05) is 49.4 Å². The summed E-state index contributed by atoms with van der Waals surface area (Å²) in [7, 11) is 0. The van der Waals surface area contributed by atoms with Crippen molar-refractivity contribution in [2.24, 2.45) is 5.92 Å². The highest BCUT2D eigenvalue weighted by molar-refractivity contribution is 7.99. The number of para-hydroxylation sites is 1. The minimum Gasteiger partial charge on any atom is -0.325 e. The van der Waals surface area contributed by atoms with Crippen LogP contribution in [-0.2, 0) is 4.79 Å². The summed E-state index contributed by atoms with van der Waals surface area (Å²) in [6, 6.07) is 18.2. The molecule has 0 fully saturated rings. The van der Waals surface area contributed by atoms with Gasteiger partial charge < -0.3 is 5.32 Å². The van der Waals surface area contributed by atoms with E-state index >= 15 is 0 Å². The first-order chi connectivity index (χ1) is 9.25. The number of carbonyl (C=O) groups excluding carboxylic acids is 1. The highest BCUT2D eigenvalue weighted by atomic mass is 32.2. The van der Waals surface area contributed by atoms with Crippen LogP contribution in [0.3, 0.4) is 0 Å². The Kier molecular flexibility index (Phi) is 3.30. The fourth-order valence-electron chi connectivity index (χ4n) is 2.30. The second-order valence-electron chi connectivity index (χ2n) is 4.72. The van der Waals surface area contributed by atoms with Gasteiger partial charge in [0.15, 0.2) is 0 Å². The largest absolute Gasteiger partial charge is 0.325 e. The molecule has 2 aromatic rings. The number of fused-ring (bicyclic) bond motifs is 1. The molecule has 2 aromatic carbocycles. The summed E-state index contributed by atoms with van der Waals surface area (Å²) < 4.78 is 0. The molecule has 0 spiro atoms. The first-order valence-electron chi connectivity index (χ1n) is 6.37. The molecule has 1 aliphatic heterocycles. The summed E-state index contributed by atoms with van der Waals surface area (Å²) in [5, 5.41) is 3.17. The highest BCUT2D eigenvalue weighted by Gasteiger charge is 2.30. The van der Waals surface area contributed by atoms with Gasteiger partial charge >= 0.3 is 0 Å². The second-order valence-corrected chi connectivity index (χ2v) is 5.91. The summed E-state index contributed by atoms with van der Waals surface area (Å²) in [5.41, 5.74) is 2.12. The Morgan fingerprint density at radius 3 is 2.47 bits per heavy atom. The number of anilines is 1. The lowest BCUT2D eigenvalue weighted by molar-refractivity contribution is -0.119. The standard InChI is InChI=1S/C16H15NOS/c1-11-15(12-7-3-2-4-8-12)19-14-10-6-5-9-13(14)17-16(11)18/h2-11,15H,1H3,(H,17,18)/t11-,15+/m0/s1. The molecule has 0 aromatic heterocycles. The van der Waals surface area contributed by atoms with Crippen LogP contribution in [0.1, 0.15) is 17.7 Å². The summed E-state index contributed by atoms with van der Waals surface area (Å²) in [5.74, 6) is 0.0334. The van der Waals surface area contributed by atoms with E-state index in [1.54, 1.807) is 11.8 Å². The van der Waals surface area contributed by atoms with E-state index in [-0.39, 0.29) is 17.1 Å². The van der Waals surface area contributed by atoms with Crippen LogP contribution in [0.2, 0.25) is 0 Å². The molecule has 0 bridgehead atoms. The summed E-state index contributed by atoms with van der Waals surface area (Å²) in [6.07, 6.45) is 0. The maximum atomic E-state index is 12.2. The van der Waals surface area contributed by atoms with E-state index in [2.05, 4.69) is 23.5 Å². The Labute approximate surface area is 117 Å². The number of hydrogen-bond acceptors (Lipinski definition) is 2. The molecule has 2 atom stereocenters. The molecule has 1 heterocycles. The van der Waals surface area contributed by atoms with E-state index in [1.807, 2.05) is 43.3 Å². The third-order valence-corrected chi connectivity index (χ3v) is 4.94. The first-order valence-corrected chi connectivity index (χ1v) is 7.25. The Morgan fingerprint density at radius 1 is 1.00 bits per heavy atom. The SMILES string of the molecule is C[C@@H]1C(=O)Nc2ccccc2S[C@H]1c1ccccc1. The van der Waals surface area contributed by atoms with Crippen molar-refractivity contribution in [2.45, 2.75) is 17.1 Å². The minimum absolute atomic E-state index is 0.0557. The van der Waals surface area contributed by atoms with Gasteiger partial charge in [0.2, 0.25) is 5.91 Å². The van der Waals surface area contributed by atoms with Gasteiger partial charge in [0, 0.05) is 10.1 Å². The number of amides is 1. The van der Waals surface area contributed by atoms with Crippen molar-refractivity contribution in [3.05, 3.63) is 60.2 Å². The maximum absolute atomic E-state index is 12.2. The molecule has 1 aliphatic rings. The number of rotatable bonds is 1. The van der Waals surface area contributed by atoms with Crippen LogP contribution >= 0.6 is 11.8 Å². The van der Waals surface area contributed by atoms with Crippen LogP contribution < -0.4 is 5.32 Å². The van der Waals surface area contributed by atoms with Crippen molar-refractivity contribution < 1.29 is 4.79 Å². The minimum atomic E-state index is -0.0557. The molecule has 0 saturated heterocycles. The number of nitrogens with one attached hydrogen (secondary N) is 1. The van der Waals surface area contributed by atoms with Crippen LogP contribution in [0, 0.1) is 5.92 Å². The molecule has 3 rings (SSSR count). The molecular weight excluding hydrogens is 254 g/mol. The van der Waals surface area contributed by atoms with Gasteiger partial charge in [0.1, 0.15) is 0 Å². The van der Waals surface area contributed by atoms with Gasteiger partial charge in [0.05, 0.1) is 11.6 Å². The highest BCUT2D eigenvalue weighted by Crippen LogP contribution is 2.45. The normalized spacial score (nSPS) is 22.3. The predicted molar refractivity (Wildman–Crippen MR) is 79.3 cm³/mol. The van der Waals surface area contributed by atoms with Crippen LogP contribution in [0.5, 0.6) is 0 Å². The molecule has 0 unspecified atom stereocenters. The molecule has 96 valence electrons. The molecule has 19 heavy (non-hydrogen) atoms. The van der Waals surface area contributed by atoms with E-state index in [1.165, 1.54) is 5.56 Å². The zero-order valence-corrected chi connectivity index (χ0v) is 11.5. The molecule has 0 radical (unpaired) electrons. The van der Waals surface area contributed by atoms with E-state index in [4.69, 9.17) is 0 Å². The molecular formula is C16H15NOS. The molecule has 3 heteroatoms. The van der Waals surface area contributed by atoms with Gasteiger partial charge in [-0.2, -0.15) is 0 Å². The van der Waals surface area contributed by atoms with Crippen molar-refractivity contribution in [3.8, 4) is 0 Å². The smallest absolute Gasteiger partial charge is 0.228 e. The van der Waals surface area contributed by atoms with Gasteiger partial charge in [-0.25, -0.2) is 0 Å². The van der Waals surface area contributed by atoms with E-state index in [9.17, 15) is 4.79 Å². The second kappa shape index (κ2) is 5.10. The van der Waals surface area contributed by atoms with Crippen LogP contribution in [0.15, 0.2) is 59.5 Å². The Balaban J connectivity index is 2.03. The third-order valence-electron chi connectivity index (χ3n) is 3.39. The molecule has 1 amide bonds. The average Bonchev–Trinajstić information content (AvgIpc) is 2.58. The van der Waals surface area contributed by atoms with Crippen molar-refractivity contribution in [2.75, 3.05) is 5.32 Å². The number of thioether (sulfide) groups is 1. The fraction of sp³-hybridized carbons (Fsp3) is 0.188. The predicted octanol–water partition coefficient (Wildman–Crippen LogP) is 4.11. The Hall–Kier alpha value is -1.74. The zero-order valence-electron chi connectivity index (χ0n) is 10.7. The quantitative estimate of drug-likeness (QED) is 0.844. The molecule has 0 saturated carbocycles. The van der Waals surface area contributed by atoms with Crippen molar-refractivity contribution >= 4 is 23.4 Å². The van der Waals surface area contributed by atoms with Gasteiger partial charge in [-0.05, 0) is 17.7 Å². The lowest BCUT2D eigenvalue weighted by Gasteiger charge is -2.19.